The number of aromatic nitrogens is 1. The summed E-state index contributed by atoms with van der Waals surface area (Å²) in [6, 6.07) is 11.2. The second-order valence-corrected chi connectivity index (χ2v) is 5.31. The minimum atomic E-state index is -0.833. The van der Waals surface area contributed by atoms with Crippen LogP contribution in [0, 0.1) is 29.8 Å². The Morgan fingerprint density at radius 1 is 1.25 bits per heavy atom. The van der Waals surface area contributed by atoms with Crippen LogP contribution in [0.4, 0.5) is 5.69 Å². The van der Waals surface area contributed by atoms with Gasteiger partial charge in [-0.1, -0.05) is 30.4 Å². The van der Waals surface area contributed by atoms with Crippen LogP contribution in [0.25, 0.3) is 0 Å². The highest BCUT2D eigenvalue weighted by atomic mass is 32.1. The lowest BCUT2D eigenvalue weighted by Gasteiger charge is -2.12. The number of carbonyl (C=O) groups is 2. The zero-order valence-corrected chi connectivity index (χ0v) is 14.3. The number of pyridine rings is 1. The first-order chi connectivity index (χ1) is 11.3. The first kappa shape index (κ1) is 19.1. The lowest BCUT2D eigenvalue weighted by molar-refractivity contribution is -0.134. The zero-order chi connectivity index (χ0) is 18.3. The SMILES string of the molecule is CC(=O)O.Cc1[nH]c(=S)c(C#N)c(C)c1C(=O)Nc1ccccc1. The van der Waals surface area contributed by atoms with Gasteiger partial charge in [0.05, 0.1) is 11.1 Å². The number of H-pyrrole nitrogens is 1. The Morgan fingerprint density at radius 3 is 2.29 bits per heavy atom. The molecule has 124 valence electrons. The molecule has 6 nitrogen and oxygen atoms in total. The van der Waals surface area contributed by atoms with Crippen molar-refractivity contribution in [2.75, 3.05) is 5.32 Å². The summed E-state index contributed by atoms with van der Waals surface area (Å²) in [7, 11) is 0. The maximum absolute atomic E-state index is 12.4. The van der Waals surface area contributed by atoms with Gasteiger partial charge in [0.25, 0.3) is 11.9 Å². The second kappa shape index (κ2) is 8.60. The molecule has 0 radical (unpaired) electrons. The lowest BCUT2D eigenvalue weighted by atomic mass is 10.0. The van der Waals surface area contributed by atoms with Gasteiger partial charge >= 0.3 is 0 Å². The van der Waals surface area contributed by atoms with Gasteiger partial charge < -0.3 is 15.4 Å². The van der Waals surface area contributed by atoms with E-state index < -0.39 is 5.97 Å². The molecule has 0 unspecified atom stereocenters. The number of hydrogen-bond acceptors (Lipinski definition) is 4. The maximum atomic E-state index is 12.4. The highest BCUT2D eigenvalue weighted by Gasteiger charge is 2.17. The zero-order valence-electron chi connectivity index (χ0n) is 13.5. The van der Waals surface area contributed by atoms with E-state index in [9.17, 15) is 4.79 Å². The Morgan fingerprint density at radius 2 is 1.79 bits per heavy atom. The summed E-state index contributed by atoms with van der Waals surface area (Å²) in [5.41, 5.74) is 2.75. The van der Waals surface area contributed by atoms with Crippen molar-refractivity contribution in [2.24, 2.45) is 0 Å². The predicted octanol–water partition coefficient (Wildman–Crippen LogP) is 3.58. The lowest BCUT2D eigenvalue weighted by Crippen LogP contribution is -2.17. The summed E-state index contributed by atoms with van der Waals surface area (Å²) >= 11 is 5.09. The number of aryl methyl sites for hydroxylation is 1. The Labute approximate surface area is 144 Å². The number of amides is 1. The van der Waals surface area contributed by atoms with E-state index in [0.717, 1.165) is 6.92 Å². The van der Waals surface area contributed by atoms with Crippen LogP contribution in [0.15, 0.2) is 30.3 Å². The molecule has 1 amide bonds. The van der Waals surface area contributed by atoms with E-state index in [2.05, 4.69) is 10.3 Å². The van der Waals surface area contributed by atoms with Gasteiger partial charge in [0.1, 0.15) is 10.7 Å². The monoisotopic (exact) mass is 343 g/mol. The van der Waals surface area contributed by atoms with Crippen LogP contribution in [0.1, 0.15) is 34.1 Å². The van der Waals surface area contributed by atoms with Crippen molar-refractivity contribution < 1.29 is 14.7 Å². The first-order valence-corrected chi connectivity index (χ1v) is 7.38. The van der Waals surface area contributed by atoms with E-state index >= 15 is 0 Å². The van der Waals surface area contributed by atoms with Crippen LogP contribution in [0.2, 0.25) is 0 Å². The van der Waals surface area contributed by atoms with E-state index in [-0.39, 0.29) is 5.91 Å². The van der Waals surface area contributed by atoms with Gasteiger partial charge in [-0.05, 0) is 31.5 Å². The minimum absolute atomic E-state index is 0.256. The van der Waals surface area contributed by atoms with E-state index in [0.29, 0.717) is 32.7 Å². The smallest absolute Gasteiger partial charge is 0.300 e. The number of aliphatic carboxylic acids is 1. The van der Waals surface area contributed by atoms with Gasteiger partial charge in [0, 0.05) is 18.3 Å². The number of benzene rings is 1. The fourth-order valence-corrected chi connectivity index (χ4v) is 2.41. The molecule has 0 aliphatic carbocycles. The standard InChI is InChI=1S/C15H13N3OS.C2H4O2/c1-9-12(8-16)15(20)17-10(2)13(9)14(19)18-11-6-4-3-5-7-11;1-2(3)4/h3-7H,1-2H3,(H,17,20)(H,18,19);1H3,(H,3,4). The van der Waals surface area contributed by atoms with Gasteiger partial charge in [-0.25, -0.2) is 0 Å². The van der Waals surface area contributed by atoms with Crippen molar-refractivity contribution in [3.8, 4) is 6.07 Å². The molecule has 2 rings (SSSR count). The number of aromatic amines is 1. The number of carboxylic acid groups (broad SMARTS) is 1. The summed E-state index contributed by atoms with van der Waals surface area (Å²) in [6.45, 7) is 4.58. The minimum Gasteiger partial charge on any atom is -0.481 e. The topological polar surface area (TPSA) is 106 Å². The van der Waals surface area contributed by atoms with E-state index in [1.807, 2.05) is 24.3 Å². The van der Waals surface area contributed by atoms with Crippen molar-refractivity contribution in [3.05, 3.63) is 57.4 Å². The fraction of sp³-hybridized carbons (Fsp3) is 0.176. The molecule has 1 aromatic carbocycles. The number of hydrogen-bond donors (Lipinski definition) is 3. The van der Waals surface area contributed by atoms with Gasteiger partial charge in [0.2, 0.25) is 0 Å². The van der Waals surface area contributed by atoms with E-state index in [1.165, 1.54) is 0 Å². The van der Waals surface area contributed by atoms with E-state index in [4.69, 9.17) is 27.4 Å². The summed E-state index contributed by atoms with van der Waals surface area (Å²) < 4.78 is 0.360. The van der Waals surface area contributed by atoms with Crippen molar-refractivity contribution in [1.82, 2.24) is 4.98 Å². The molecule has 0 saturated carbocycles. The van der Waals surface area contributed by atoms with Crippen LogP contribution in [-0.4, -0.2) is 22.0 Å². The molecule has 0 bridgehead atoms. The van der Waals surface area contributed by atoms with Gasteiger partial charge in [-0.15, -0.1) is 0 Å². The third-order valence-corrected chi connectivity index (χ3v) is 3.33. The average Bonchev–Trinajstić information content (AvgIpc) is 2.47. The highest BCUT2D eigenvalue weighted by Crippen LogP contribution is 2.18. The summed E-state index contributed by atoms with van der Waals surface area (Å²) in [4.78, 5) is 24.3. The highest BCUT2D eigenvalue weighted by molar-refractivity contribution is 7.71. The van der Waals surface area contributed by atoms with Crippen molar-refractivity contribution in [3.63, 3.8) is 0 Å². The average molecular weight is 343 g/mol. The Kier molecular flexibility index (Phi) is 6.83. The number of carboxylic acids is 1. The molecule has 0 aliphatic rings. The quantitative estimate of drug-likeness (QED) is 0.723. The molecule has 7 heteroatoms. The van der Waals surface area contributed by atoms with Crippen LogP contribution in [0.3, 0.4) is 0 Å². The number of nitrogens with one attached hydrogen (secondary N) is 2. The van der Waals surface area contributed by atoms with Gasteiger partial charge in [-0.2, -0.15) is 5.26 Å². The number of anilines is 1. The van der Waals surface area contributed by atoms with Gasteiger partial charge in [-0.3, -0.25) is 9.59 Å². The maximum Gasteiger partial charge on any atom is 0.300 e. The predicted molar refractivity (Wildman–Crippen MR) is 93.5 cm³/mol. The number of para-hydroxylation sites is 1. The molecule has 3 N–H and O–H groups in total. The molecule has 0 saturated heterocycles. The normalized spacial score (nSPS) is 9.25. The molecule has 0 atom stereocenters. The number of rotatable bonds is 2. The van der Waals surface area contributed by atoms with Crippen molar-refractivity contribution in [2.45, 2.75) is 20.8 Å². The van der Waals surface area contributed by atoms with Crippen LogP contribution >= 0.6 is 12.2 Å². The molecule has 2 aromatic rings. The number of nitriles is 1. The Hall–Kier alpha value is -2.98. The summed E-state index contributed by atoms with van der Waals surface area (Å²) in [6.07, 6.45) is 0. The van der Waals surface area contributed by atoms with E-state index in [1.54, 1.807) is 26.0 Å². The molecule has 0 spiro atoms. The third kappa shape index (κ3) is 5.04. The summed E-state index contributed by atoms with van der Waals surface area (Å²) in [5, 5.41) is 19.3. The molecular weight excluding hydrogens is 326 g/mol. The number of nitrogens with zero attached hydrogens (tertiary/aromatic N) is 1. The largest absolute Gasteiger partial charge is 0.481 e. The Bertz CT molecular complexity index is 848. The van der Waals surface area contributed by atoms with Crippen LogP contribution in [0.5, 0.6) is 0 Å². The molecular formula is C17H17N3O3S. The fourth-order valence-electron chi connectivity index (χ4n) is 2.06. The second-order valence-electron chi connectivity index (χ2n) is 4.91. The first-order valence-electron chi connectivity index (χ1n) is 6.97. The molecule has 1 aromatic heterocycles. The van der Waals surface area contributed by atoms with Crippen molar-refractivity contribution >= 4 is 29.8 Å². The number of carbonyl (C=O) groups excluding carboxylic acids is 1. The summed E-state index contributed by atoms with van der Waals surface area (Å²) in [5.74, 6) is -1.09. The molecule has 0 aliphatic heterocycles. The van der Waals surface area contributed by atoms with Crippen molar-refractivity contribution in [1.29, 1.82) is 5.26 Å². The van der Waals surface area contributed by atoms with Gasteiger partial charge in [0.15, 0.2) is 0 Å². The molecule has 0 fully saturated rings. The van der Waals surface area contributed by atoms with Crippen LogP contribution in [-0.2, 0) is 4.79 Å². The molecule has 24 heavy (non-hydrogen) atoms. The van der Waals surface area contributed by atoms with Crippen LogP contribution < -0.4 is 5.32 Å². The third-order valence-electron chi connectivity index (χ3n) is 3.02. The Balaban J connectivity index is 0.000000648. The molecule has 1 heterocycles.